The summed E-state index contributed by atoms with van der Waals surface area (Å²) < 4.78 is 25.8. The standard InChI is InChI=1S/C9H14N2O2S2/c1-14-8-3-2-4-9(7-8)15(12,13)11-6-5-10/h2-4,7,11H,5-6,10H2,1H3. The molecule has 1 aromatic rings. The molecule has 0 saturated heterocycles. The summed E-state index contributed by atoms with van der Waals surface area (Å²) in [5.41, 5.74) is 5.24. The van der Waals surface area contributed by atoms with Crippen LogP contribution in [0.15, 0.2) is 34.1 Å². The zero-order valence-corrected chi connectivity index (χ0v) is 10.1. The number of benzene rings is 1. The van der Waals surface area contributed by atoms with Crippen LogP contribution >= 0.6 is 11.8 Å². The number of nitrogens with one attached hydrogen (secondary N) is 1. The predicted molar refractivity (Wildman–Crippen MR) is 62.5 cm³/mol. The van der Waals surface area contributed by atoms with E-state index in [1.165, 1.54) is 11.8 Å². The Hall–Kier alpha value is -0.560. The van der Waals surface area contributed by atoms with Crippen LogP contribution in [0.2, 0.25) is 0 Å². The maximum Gasteiger partial charge on any atom is 0.240 e. The molecule has 0 aromatic heterocycles. The van der Waals surface area contributed by atoms with Gasteiger partial charge in [0, 0.05) is 18.0 Å². The van der Waals surface area contributed by atoms with E-state index < -0.39 is 10.0 Å². The van der Waals surface area contributed by atoms with Crippen LogP contribution in [0.5, 0.6) is 0 Å². The van der Waals surface area contributed by atoms with E-state index in [9.17, 15) is 8.42 Å². The van der Waals surface area contributed by atoms with Crippen molar-refractivity contribution < 1.29 is 8.42 Å². The molecule has 0 bridgehead atoms. The summed E-state index contributed by atoms with van der Waals surface area (Å²) in [4.78, 5) is 1.20. The third-order valence-corrected chi connectivity index (χ3v) is 3.97. The van der Waals surface area contributed by atoms with Crippen LogP contribution in [0.1, 0.15) is 0 Å². The summed E-state index contributed by atoms with van der Waals surface area (Å²) in [6.45, 7) is 0.549. The zero-order valence-electron chi connectivity index (χ0n) is 8.43. The van der Waals surface area contributed by atoms with E-state index in [-0.39, 0.29) is 11.4 Å². The highest BCUT2D eigenvalue weighted by atomic mass is 32.2. The van der Waals surface area contributed by atoms with Gasteiger partial charge < -0.3 is 5.73 Å². The Kier molecular flexibility index (Phi) is 4.59. The SMILES string of the molecule is CSc1cccc(S(=O)(=O)NCCN)c1. The number of rotatable bonds is 5. The van der Waals surface area contributed by atoms with E-state index in [1.807, 2.05) is 12.3 Å². The average molecular weight is 246 g/mol. The van der Waals surface area contributed by atoms with Gasteiger partial charge in [-0.2, -0.15) is 0 Å². The van der Waals surface area contributed by atoms with E-state index in [1.54, 1.807) is 18.2 Å². The molecule has 1 aromatic carbocycles. The highest BCUT2D eigenvalue weighted by Crippen LogP contribution is 2.18. The van der Waals surface area contributed by atoms with E-state index in [0.29, 0.717) is 6.54 Å². The molecule has 0 aliphatic heterocycles. The van der Waals surface area contributed by atoms with Gasteiger partial charge >= 0.3 is 0 Å². The molecule has 3 N–H and O–H groups in total. The molecule has 0 fully saturated rings. The minimum atomic E-state index is -3.40. The topological polar surface area (TPSA) is 72.2 Å². The molecule has 0 aliphatic rings. The van der Waals surface area contributed by atoms with Gasteiger partial charge in [-0.15, -0.1) is 11.8 Å². The third kappa shape index (κ3) is 3.49. The van der Waals surface area contributed by atoms with Gasteiger partial charge in [-0.25, -0.2) is 13.1 Å². The van der Waals surface area contributed by atoms with Crippen LogP contribution in [0.3, 0.4) is 0 Å². The van der Waals surface area contributed by atoms with Crippen molar-refractivity contribution in [3.63, 3.8) is 0 Å². The lowest BCUT2D eigenvalue weighted by atomic mass is 10.4. The van der Waals surface area contributed by atoms with E-state index in [4.69, 9.17) is 5.73 Å². The summed E-state index contributed by atoms with van der Waals surface area (Å²) in [5, 5.41) is 0. The minimum absolute atomic E-state index is 0.256. The van der Waals surface area contributed by atoms with Crippen molar-refractivity contribution in [1.82, 2.24) is 4.72 Å². The Morgan fingerprint density at radius 1 is 1.47 bits per heavy atom. The molecule has 0 heterocycles. The van der Waals surface area contributed by atoms with Crippen molar-refractivity contribution >= 4 is 21.8 Å². The zero-order chi connectivity index (χ0) is 11.3. The van der Waals surface area contributed by atoms with Crippen molar-refractivity contribution in [2.24, 2.45) is 5.73 Å². The summed E-state index contributed by atoms with van der Waals surface area (Å²) >= 11 is 1.51. The molecule has 1 rings (SSSR count). The fourth-order valence-electron chi connectivity index (χ4n) is 1.04. The molecule has 0 amide bonds. The first-order valence-corrected chi connectivity index (χ1v) is 7.15. The summed E-state index contributed by atoms with van der Waals surface area (Å²) in [6, 6.07) is 6.80. The lowest BCUT2D eigenvalue weighted by Crippen LogP contribution is -2.29. The van der Waals surface area contributed by atoms with Crippen LogP contribution in [-0.2, 0) is 10.0 Å². The number of thioether (sulfide) groups is 1. The van der Waals surface area contributed by atoms with Crippen molar-refractivity contribution in [2.75, 3.05) is 19.3 Å². The number of sulfonamides is 1. The van der Waals surface area contributed by atoms with Crippen LogP contribution in [0, 0.1) is 0 Å². The first kappa shape index (κ1) is 12.5. The van der Waals surface area contributed by atoms with Gasteiger partial charge in [0.1, 0.15) is 0 Å². The van der Waals surface area contributed by atoms with Gasteiger partial charge in [0.25, 0.3) is 0 Å². The largest absolute Gasteiger partial charge is 0.329 e. The fraction of sp³-hybridized carbons (Fsp3) is 0.333. The van der Waals surface area contributed by atoms with Crippen molar-refractivity contribution in [1.29, 1.82) is 0 Å². The highest BCUT2D eigenvalue weighted by Gasteiger charge is 2.12. The number of hydrogen-bond donors (Lipinski definition) is 2. The van der Waals surface area contributed by atoms with E-state index in [0.717, 1.165) is 4.90 Å². The third-order valence-electron chi connectivity index (χ3n) is 1.79. The molecule has 0 spiro atoms. The van der Waals surface area contributed by atoms with E-state index in [2.05, 4.69) is 4.72 Å². The van der Waals surface area contributed by atoms with Crippen LogP contribution in [0.4, 0.5) is 0 Å². The number of hydrogen-bond acceptors (Lipinski definition) is 4. The second-order valence-electron chi connectivity index (χ2n) is 2.87. The Morgan fingerprint density at radius 2 is 2.20 bits per heavy atom. The first-order chi connectivity index (χ1) is 7.10. The predicted octanol–water partition coefficient (Wildman–Crippen LogP) is 0.646. The molecule has 0 unspecified atom stereocenters. The molecule has 15 heavy (non-hydrogen) atoms. The van der Waals surface area contributed by atoms with Gasteiger partial charge in [0.05, 0.1) is 4.90 Å². The van der Waals surface area contributed by atoms with Crippen molar-refractivity contribution in [2.45, 2.75) is 9.79 Å². The molecular formula is C9H14N2O2S2. The smallest absolute Gasteiger partial charge is 0.240 e. The Bertz CT molecular complexity index is 418. The maximum absolute atomic E-state index is 11.7. The van der Waals surface area contributed by atoms with Crippen LogP contribution in [0.25, 0.3) is 0 Å². The van der Waals surface area contributed by atoms with Crippen molar-refractivity contribution in [3.05, 3.63) is 24.3 Å². The monoisotopic (exact) mass is 246 g/mol. The van der Waals surface area contributed by atoms with E-state index >= 15 is 0 Å². The first-order valence-electron chi connectivity index (χ1n) is 4.44. The van der Waals surface area contributed by atoms with Gasteiger partial charge in [-0.05, 0) is 24.5 Å². The molecule has 0 saturated carbocycles. The lowest BCUT2D eigenvalue weighted by Gasteiger charge is -2.06. The summed E-state index contributed by atoms with van der Waals surface area (Å²) in [6.07, 6.45) is 1.90. The normalized spacial score (nSPS) is 11.6. The Morgan fingerprint density at radius 3 is 2.80 bits per heavy atom. The molecule has 0 atom stereocenters. The lowest BCUT2D eigenvalue weighted by molar-refractivity contribution is 0.582. The van der Waals surface area contributed by atoms with Gasteiger partial charge in [0.15, 0.2) is 0 Å². The van der Waals surface area contributed by atoms with Gasteiger partial charge in [-0.1, -0.05) is 6.07 Å². The quantitative estimate of drug-likeness (QED) is 0.748. The molecule has 0 radical (unpaired) electrons. The van der Waals surface area contributed by atoms with Gasteiger partial charge in [0.2, 0.25) is 10.0 Å². The second kappa shape index (κ2) is 5.50. The van der Waals surface area contributed by atoms with Gasteiger partial charge in [-0.3, -0.25) is 0 Å². The second-order valence-corrected chi connectivity index (χ2v) is 5.51. The fourth-order valence-corrected chi connectivity index (χ4v) is 2.67. The molecule has 0 aliphatic carbocycles. The highest BCUT2D eigenvalue weighted by molar-refractivity contribution is 7.98. The molecule has 4 nitrogen and oxygen atoms in total. The minimum Gasteiger partial charge on any atom is -0.329 e. The molecule has 84 valence electrons. The van der Waals surface area contributed by atoms with Crippen LogP contribution in [-0.4, -0.2) is 27.8 Å². The Balaban J connectivity index is 2.94. The average Bonchev–Trinajstić information content (AvgIpc) is 2.26. The van der Waals surface area contributed by atoms with Crippen LogP contribution < -0.4 is 10.5 Å². The summed E-state index contributed by atoms with van der Waals surface area (Å²) in [7, 11) is -3.40. The maximum atomic E-state index is 11.7. The molecule has 6 heteroatoms. The number of nitrogens with two attached hydrogens (primary N) is 1. The molecular weight excluding hydrogens is 232 g/mol. The summed E-state index contributed by atoms with van der Waals surface area (Å²) in [5.74, 6) is 0. The Labute approximate surface area is 94.3 Å². The van der Waals surface area contributed by atoms with Crippen molar-refractivity contribution in [3.8, 4) is 0 Å².